The molecule has 3 rings (SSSR count). The predicted molar refractivity (Wildman–Crippen MR) is 132 cm³/mol. The molecule has 0 spiro atoms. The molecule has 3 aromatic carbocycles. The number of amides is 1. The van der Waals surface area contributed by atoms with E-state index in [2.05, 4.69) is 10.0 Å². The van der Waals surface area contributed by atoms with E-state index in [4.69, 9.17) is 16.3 Å². The molecule has 2 N–H and O–H groups in total. The number of carbonyl (C=O) groups excluding carboxylic acids is 2. The Morgan fingerprint density at radius 2 is 1.68 bits per heavy atom. The lowest BCUT2D eigenvalue weighted by molar-refractivity contribution is -0.118. The highest BCUT2D eigenvalue weighted by Gasteiger charge is 2.18. The van der Waals surface area contributed by atoms with Gasteiger partial charge in [-0.1, -0.05) is 48.9 Å². The summed E-state index contributed by atoms with van der Waals surface area (Å²) in [5.74, 6) is -0.434. The standard InChI is InChI=1S/C25H25ClN2O5S/c1-3-17(2)28-34(31,32)21-12-10-20(11-13-21)33-16-24(29)27-23-14-9-19(26)15-22(23)25(30)18-7-5-4-6-8-18/h4-15,17,28H,3,16H2,1-2H3,(H,27,29)/t17-/m1/s1. The fraction of sp³-hybridized carbons (Fsp3) is 0.200. The van der Waals surface area contributed by atoms with Crippen LogP contribution in [0.2, 0.25) is 5.02 Å². The first-order chi connectivity index (χ1) is 16.2. The predicted octanol–water partition coefficient (Wildman–Crippen LogP) is 4.67. The Kier molecular flexibility index (Phi) is 8.44. The van der Waals surface area contributed by atoms with Crippen LogP contribution >= 0.6 is 11.6 Å². The summed E-state index contributed by atoms with van der Waals surface area (Å²) in [5, 5.41) is 3.04. The van der Waals surface area contributed by atoms with E-state index in [1.54, 1.807) is 49.4 Å². The average molecular weight is 501 g/mol. The summed E-state index contributed by atoms with van der Waals surface area (Å²) in [6.45, 7) is 3.34. The van der Waals surface area contributed by atoms with Crippen LogP contribution in [0.25, 0.3) is 0 Å². The van der Waals surface area contributed by atoms with E-state index in [1.807, 2.05) is 6.92 Å². The van der Waals surface area contributed by atoms with Gasteiger partial charge in [-0.3, -0.25) is 9.59 Å². The third-order valence-corrected chi connectivity index (χ3v) is 6.85. The minimum atomic E-state index is -3.63. The molecule has 7 nitrogen and oxygen atoms in total. The van der Waals surface area contributed by atoms with Gasteiger partial charge in [-0.25, -0.2) is 13.1 Å². The lowest BCUT2D eigenvalue weighted by Crippen LogP contribution is -2.31. The van der Waals surface area contributed by atoms with Crippen molar-refractivity contribution in [3.63, 3.8) is 0 Å². The van der Waals surface area contributed by atoms with Crippen LogP contribution in [-0.2, 0) is 14.8 Å². The number of rotatable bonds is 10. The summed E-state index contributed by atoms with van der Waals surface area (Å²) < 4.78 is 32.7. The molecule has 9 heteroatoms. The van der Waals surface area contributed by atoms with Gasteiger partial charge < -0.3 is 10.1 Å². The Balaban J connectivity index is 1.65. The molecule has 0 fully saturated rings. The molecule has 0 bridgehead atoms. The largest absolute Gasteiger partial charge is 0.484 e. The minimum Gasteiger partial charge on any atom is -0.484 e. The molecule has 3 aromatic rings. The van der Waals surface area contributed by atoms with Gasteiger partial charge in [-0.2, -0.15) is 0 Å². The summed E-state index contributed by atoms with van der Waals surface area (Å²) in [4.78, 5) is 25.5. The number of sulfonamides is 1. The zero-order valence-electron chi connectivity index (χ0n) is 18.7. The molecule has 34 heavy (non-hydrogen) atoms. The second-order valence-electron chi connectivity index (χ2n) is 7.62. The van der Waals surface area contributed by atoms with Crippen LogP contribution in [0.4, 0.5) is 5.69 Å². The Morgan fingerprint density at radius 1 is 1.00 bits per heavy atom. The summed E-state index contributed by atoms with van der Waals surface area (Å²) in [5.41, 5.74) is 1.04. The smallest absolute Gasteiger partial charge is 0.262 e. The van der Waals surface area contributed by atoms with E-state index >= 15 is 0 Å². The maximum Gasteiger partial charge on any atom is 0.262 e. The Hall–Kier alpha value is -3.20. The molecule has 1 atom stereocenters. The number of carbonyl (C=O) groups is 2. The molecule has 0 saturated heterocycles. The summed E-state index contributed by atoms with van der Waals surface area (Å²) in [6.07, 6.45) is 0.668. The van der Waals surface area contributed by atoms with E-state index in [9.17, 15) is 18.0 Å². The fourth-order valence-corrected chi connectivity index (χ4v) is 4.52. The van der Waals surface area contributed by atoms with Gasteiger partial charge in [-0.15, -0.1) is 0 Å². The zero-order valence-corrected chi connectivity index (χ0v) is 20.3. The van der Waals surface area contributed by atoms with Crippen molar-refractivity contribution < 1.29 is 22.7 Å². The topological polar surface area (TPSA) is 102 Å². The second kappa shape index (κ2) is 11.3. The highest BCUT2D eigenvalue weighted by molar-refractivity contribution is 7.89. The number of ether oxygens (including phenoxy) is 1. The van der Waals surface area contributed by atoms with Crippen molar-refractivity contribution in [2.45, 2.75) is 31.2 Å². The number of hydrogen-bond acceptors (Lipinski definition) is 5. The summed E-state index contributed by atoms with van der Waals surface area (Å²) in [7, 11) is -3.63. The van der Waals surface area contributed by atoms with Gasteiger partial charge in [0.05, 0.1) is 10.6 Å². The van der Waals surface area contributed by atoms with Crippen molar-refractivity contribution in [1.82, 2.24) is 4.72 Å². The van der Waals surface area contributed by atoms with Gasteiger partial charge in [0, 0.05) is 22.2 Å². The Labute approximate surface area is 204 Å². The lowest BCUT2D eigenvalue weighted by atomic mass is 10.0. The molecule has 0 radical (unpaired) electrons. The molecule has 178 valence electrons. The molecule has 0 heterocycles. The van der Waals surface area contributed by atoms with Gasteiger partial charge in [0.1, 0.15) is 5.75 Å². The lowest BCUT2D eigenvalue weighted by Gasteiger charge is -2.13. The van der Waals surface area contributed by atoms with Crippen LogP contribution in [0.15, 0.2) is 77.7 Å². The van der Waals surface area contributed by atoms with Gasteiger partial charge in [0.25, 0.3) is 5.91 Å². The maximum absolute atomic E-state index is 12.9. The van der Waals surface area contributed by atoms with Crippen LogP contribution in [-0.4, -0.2) is 32.8 Å². The third-order valence-electron chi connectivity index (χ3n) is 5.01. The average Bonchev–Trinajstić information content (AvgIpc) is 2.84. The van der Waals surface area contributed by atoms with Gasteiger partial charge >= 0.3 is 0 Å². The van der Waals surface area contributed by atoms with Crippen LogP contribution < -0.4 is 14.8 Å². The third kappa shape index (κ3) is 6.66. The number of hydrogen-bond donors (Lipinski definition) is 2. The molecule has 0 aromatic heterocycles. The second-order valence-corrected chi connectivity index (χ2v) is 9.77. The van der Waals surface area contributed by atoms with E-state index in [1.165, 1.54) is 30.3 Å². The number of anilines is 1. The van der Waals surface area contributed by atoms with E-state index in [0.717, 1.165) is 0 Å². The van der Waals surface area contributed by atoms with Crippen molar-refractivity contribution in [3.8, 4) is 5.75 Å². The molecule has 0 aliphatic rings. The van der Waals surface area contributed by atoms with Crippen molar-refractivity contribution in [1.29, 1.82) is 0 Å². The van der Waals surface area contributed by atoms with E-state index in [0.29, 0.717) is 28.4 Å². The first-order valence-corrected chi connectivity index (χ1v) is 12.5. The number of ketones is 1. The van der Waals surface area contributed by atoms with Crippen LogP contribution in [0.3, 0.4) is 0 Å². The number of nitrogens with one attached hydrogen (secondary N) is 2. The van der Waals surface area contributed by atoms with Gasteiger partial charge in [0.2, 0.25) is 10.0 Å². The highest BCUT2D eigenvalue weighted by Crippen LogP contribution is 2.24. The van der Waals surface area contributed by atoms with Gasteiger partial charge in [-0.05, 0) is 55.8 Å². The van der Waals surface area contributed by atoms with E-state index < -0.39 is 15.9 Å². The molecule has 0 aliphatic heterocycles. The van der Waals surface area contributed by atoms with Crippen molar-refractivity contribution in [3.05, 3.63) is 88.9 Å². The van der Waals surface area contributed by atoms with Crippen molar-refractivity contribution in [2.24, 2.45) is 0 Å². The molecule has 0 saturated carbocycles. The number of benzene rings is 3. The SMILES string of the molecule is CC[C@@H](C)NS(=O)(=O)c1ccc(OCC(=O)Nc2ccc(Cl)cc2C(=O)c2ccccc2)cc1. The number of halogens is 1. The van der Waals surface area contributed by atoms with Crippen molar-refractivity contribution >= 4 is 39.0 Å². The fourth-order valence-electron chi connectivity index (χ4n) is 3.02. The normalized spacial score (nSPS) is 12.1. The summed E-state index contributed by atoms with van der Waals surface area (Å²) >= 11 is 6.07. The molecular weight excluding hydrogens is 476 g/mol. The summed E-state index contributed by atoms with van der Waals surface area (Å²) in [6, 6.07) is 18.9. The molecule has 0 unspecified atom stereocenters. The maximum atomic E-state index is 12.9. The first kappa shape index (κ1) is 25.4. The molecule has 0 aliphatic carbocycles. The zero-order chi connectivity index (χ0) is 24.7. The Morgan fingerprint density at radius 3 is 2.32 bits per heavy atom. The quantitative estimate of drug-likeness (QED) is 0.394. The molecule has 1 amide bonds. The van der Waals surface area contributed by atoms with Gasteiger partial charge in [0.15, 0.2) is 12.4 Å². The molecular formula is C25H25ClN2O5S. The monoisotopic (exact) mass is 500 g/mol. The van der Waals surface area contributed by atoms with Crippen LogP contribution in [0.5, 0.6) is 5.75 Å². The Bertz CT molecular complexity index is 1260. The minimum absolute atomic E-state index is 0.106. The first-order valence-electron chi connectivity index (χ1n) is 10.6. The highest BCUT2D eigenvalue weighted by atomic mass is 35.5. The van der Waals surface area contributed by atoms with Crippen molar-refractivity contribution in [2.75, 3.05) is 11.9 Å². The van der Waals surface area contributed by atoms with E-state index in [-0.39, 0.29) is 28.9 Å². The van der Waals surface area contributed by atoms with Crippen LogP contribution in [0, 0.1) is 0 Å². The van der Waals surface area contributed by atoms with Crippen LogP contribution in [0.1, 0.15) is 36.2 Å².